The number of aromatic nitrogens is 5. The van der Waals surface area contributed by atoms with Crippen molar-refractivity contribution in [1.29, 1.82) is 0 Å². The van der Waals surface area contributed by atoms with Gasteiger partial charge in [-0.2, -0.15) is 5.10 Å². The van der Waals surface area contributed by atoms with Crippen LogP contribution in [0.25, 0.3) is 16.9 Å². The van der Waals surface area contributed by atoms with Crippen molar-refractivity contribution in [3.05, 3.63) is 48.7 Å². The van der Waals surface area contributed by atoms with Crippen LogP contribution in [0.1, 0.15) is 5.56 Å². The van der Waals surface area contributed by atoms with Gasteiger partial charge in [0.2, 0.25) is 5.75 Å². The number of methoxy groups -OCH3 is 3. The summed E-state index contributed by atoms with van der Waals surface area (Å²) in [6.45, 7) is 0.512. The molecule has 1 N–H and O–H groups in total. The number of benzene rings is 1. The summed E-state index contributed by atoms with van der Waals surface area (Å²) in [6.07, 6.45) is 9.21. The molecule has 0 amide bonds. The molecule has 9 heteroatoms. The topological polar surface area (TPSA) is 87.7 Å². The Labute approximate surface area is 167 Å². The fraction of sp³-hybridized carbons (Fsp3) is 0.250. The number of fused-ring (bicyclic) bond motifs is 1. The highest BCUT2D eigenvalue weighted by molar-refractivity contribution is 5.70. The lowest BCUT2D eigenvalue weighted by molar-refractivity contribution is 0.324. The molecule has 0 aliphatic rings. The minimum absolute atomic E-state index is 0.512. The highest BCUT2D eigenvalue weighted by Crippen LogP contribution is 2.38. The quantitative estimate of drug-likeness (QED) is 0.516. The molecule has 29 heavy (non-hydrogen) atoms. The van der Waals surface area contributed by atoms with Crippen molar-refractivity contribution in [3.8, 4) is 28.5 Å². The lowest BCUT2D eigenvalue weighted by atomic mass is 10.1. The summed E-state index contributed by atoms with van der Waals surface area (Å²) in [6, 6.07) is 3.81. The van der Waals surface area contributed by atoms with E-state index in [1.807, 2.05) is 48.4 Å². The van der Waals surface area contributed by atoms with Crippen molar-refractivity contribution in [2.45, 2.75) is 6.54 Å². The molecule has 0 unspecified atom stereocenters. The van der Waals surface area contributed by atoms with Gasteiger partial charge in [0.05, 0.1) is 39.4 Å². The maximum Gasteiger partial charge on any atom is 0.203 e. The molecule has 4 rings (SSSR count). The van der Waals surface area contributed by atoms with Crippen LogP contribution in [0.2, 0.25) is 0 Å². The summed E-state index contributed by atoms with van der Waals surface area (Å²) in [5.41, 5.74) is 3.63. The standard InChI is InChI=1S/C20H22N6O3/c1-25-12-14(10-24-25)15-11-23-20-19(21-5-6-26(15)20)22-9-13-7-16(27-2)18(29-4)17(8-13)28-3/h5-8,10-12H,9H2,1-4H3,(H,21,22). The van der Waals surface area contributed by atoms with E-state index in [1.165, 1.54) is 0 Å². The van der Waals surface area contributed by atoms with E-state index >= 15 is 0 Å². The van der Waals surface area contributed by atoms with E-state index in [0.717, 1.165) is 22.5 Å². The fourth-order valence-corrected chi connectivity index (χ4v) is 3.23. The SMILES string of the molecule is COc1cc(CNc2nccn3c(-c4cnn(C)c4)cnc23)cc(OC)c1OC. The van der Waals surface area contributed by atoms with Gasteiger partial charge in [0.1, 0.15) is 0 Å². The van der Waals surface area contributed by atoms with E-state index in [1.54, 1.807) is 32.2 Å². The molecule has 0 fully saturated rings. The van der Waals surface area contributed by atoms with Crippen LogP contribution < -0.4 is 19.5 Å². The van der Waals surface area contributed by atoms with Gasteiger partial charge in [0.15, 0.2) is 23.0 Å². The average Bonchev–Trinajstić information content (AvgIpc) is 3.37. The molecule has 3 aromatic heterocycles. The second-order valence-electron chi connectivity index (χ2n) is 6.40. The summed E-state index contributed by atoms with van der Waals surface area (Å²) in [5.74, 6) is 2.45. The van der Waals surface area contributed by atoms with E-state index in [4.69, 9.17) is 14.2 Å². The van der Waals surface area contributed by atoms with Crippen molar-refractivity contribution < 1.29 is 14.2 Å². The summed E-state index contributed by atoms with van der Waals surface area (Å²) >= 11 is 0. The first-order chi connectivity index (χ1) is 14.1. The van der Waals surface area contributed by atoms with Crippen LogP contribution in [0.15, 0.2) is 43.1 Å². The Morgan fingerprint density at radius 2 is 1.76 bits per heavy atom. The monoisotopic (exact) mass is 394 g/mol. The molecule has 3 heterocycles. The van der Waals surface area contributed by atoms with E-state index in [0.29, 0.717) is 29.6 Å². The Morgan fingerprint density at radius 1 is 1.00 bits per heavy atom. The first-order valence-electron chi connectivity index (χ1n) is 8.98. The predicted molar refractivity (Wildman–Crippen MR) is 109 cm³/mol. The third kappa shape index (κ3) is 3.42. The van der Waals surface area contributed by atoms with Crippen LogP contribution in [-0.2, 0) is 13.6 Å². The molecule has 0 bridgehead atoms. The zero-order valence-electron chi connectivity index (χ0n) is 16.7. The van der Waals surface area contributed by atoms with E-state index in [2.05, 4.69) is 20.4 Å². The molecule has 0 radical (unpaired) electrons. The van der Waals surface area contributed by atoms with Gasteiger partial charge in [-0.15, -0.1) is 0 Å². The van der Waals surface area contributed by atoms with Crippen LogP contribution in [0.3, 0.4) is 0 Å². The maximum atomic E-state index is 5.42. The second kappa shape index (κ2) is 7.70. The summed E-state index contributed by atoms with van der Waals surface area (Å²) in [5, 5.41) is 7.58. The zero-order chi connectivity index (χ0) is 20.4. The molecule has 0 aliphatic carbocycles. The first kappa shape index (κ1) is 18.6. The Hall–Kier alpha value is -3.75. The van der Waals surface area contributed by atoms with E-state index < -0.39 is 0 Å². The number of hydrogen-bond acceptors (Lipinski definition) is 7. The Morgan fingerprint density at radius 3 is 2.38 bits per heavy atom. The molecule has 9 nitrogen and oxygen atoms in total. The number of ether oxygens (including phenoxy) is 3. The fourth-order valence-electron chi connectivity index (χ4n) is 3.23. The number of anilines is 1. The Balaban J connectivity index is 1.63. The van der Waals surface area contributed by atoms with Gasteiger partial charge in [-0.25, -0.2) is 9.97 Å². The normalized spacial score (nSPS) is 10.9. The van der Waals surface area contributed by atoms with Crippen LogP contribution in [0.5, 0.6) is 17.2 Å². The Bertz CT molecular complexity index is 1130. The van der Waals surface area contributed by atoms with Gasteiger partial charge in [0.25, 0.3) is 0 Å². The molecule has 0 spiro atoms. The van der Waals surface area contributed by atoms with Gasteiger partial charge in [-0.1, -0.05) is 0 Å². The lowest BCUT2D eigenvalue weighted by Crippen LogP contribution is -2.05. The lowest BCUT2D eigenvalue weighted by Gasteiger charge is -2.14. The van der Waals surface area contributed by atoms with Crippen LogP contribution in [0.4, 0.5) is 5.82 Å². The number of imidazole rings is 1. The van der Waals surface area contributed by atoms with Crippen molar-refractivity contribution in [3.63, 3.8) is 0 Å². The smallest absolute Gasteiger partial charge is 0.203 e. The highest BCUT2D eigenvalue weighted by Gasteiger charge is 2.15. The molecule has 1 aromatic carbocycles. The zero-order valence-corrected chi connectivity index (χ0v) is 16.7. The largest absolute Gasteiger partial charge is 0.493 e. The van der Waals surface area contributed by atoms with Crippen LogP contribution in [0, 0.1) is 0 Å². The summed E-state index contributed by atoms with van der Waals surface area (Å²) in [7, 11) is 6.67. The molecule has 150 valence electrons. The molecule has 0 saturated carbocycles. The molecule has 0 aliphatic heterocycles. The Kier molecular flexibility index (Phi) is 4.94. The van der Waals surface area contributed by atoms with Crippen molar-refractivity contribution in [1.82, 2.24) is 24.1 Å². The van der Waals surface area contributed by atoms with Crippen LogP contribution in [-0.4, -0.2) is 45.5 Å². The number of aryl methyl sites for hydroxylation is 1. The van der Waals surface area contributed by atoms with Gasteiger partial charge in [-0.3, -0.25) is 9.08 Å². The van der Waals surface area contributed by atoms with Crippen molar-refractivity contribution >= 4 is 11.5 Å². The van der Waals surface area contributed by atoms with Gasteiger partial charge >= 0.3 is 0 Å². The third-order valence-electron chi connectivity index (χ3n) is 4.61. The van der Waals surface area contributed by atoms with Gasteiger partial charge in [0, 0.05) is 37.7 Å². The van der Waals surface area contributed by atoms with Gasteiger partial charge < -0.3 is 19.5 Å². The molecular formula is C20H22N6O3. The second-order valence-corrected chi connectivity index (χ2v) is 6.40. The van der Waals surface area contributed by atoms with Crippen molar-refractivity contribution in [2.24, 2.45) is 7.05 Å². The van der Waals surface area contributed by atoms with Gasteiger partial charge in [-0.05, 0) is 17.7 Å². The predicted octanol–water partition coefficient (Wildman–Crippen LogP) is 2.77. The number of nitrogens with one attached hydrogen (secondary N) is 1. The maximum absolute atomic E-state index is 5.42. The average molecular weight is 394 g/mol. The minimum Gasteiger partial charge on any atom is -0.493 e. The van der Waals surface area contributed by atoms with E-state index in [9.17, 15) is 0 Å². The van der Waals surface area contributed by atoms with E-state index in [-0.39, 0.29) is 0 Å². The van der Waals surface area contributed by atoms with Crippen molar-refractivity contribution in [2.75, 3.05) is 26.6 Å². The number of nitrogens with zero attached hydrogens (tertiary/aromatic N) is 5. The molecule has 4 aromatic rings. The first-order valence-corrected chi connectivity index (χ1v) is 8.98. The third-order valence-corrected chi connectivity index (χ3v) is 4.61. The van der Waals surface area contributed by atoms with Crippen LogP contribution >= 0.6 is 0 Å². The summed E-state index contributed by atoms with van der Waals surface area (Å²) in [4.78, 5) is 8.99. The minimum atomic E-state index is 0.512. The highest BCUT2D eigenvalue weighted by atomic mass is 16.5. The number of hydrogen-bond donors (Lipinski definition) is 1. The number of rotatable bonds is 7. The molecule has 0 atom stereocenters. The molecule has 0 saturated heterocycles. The molecular weight excluding hydrogens is 372 g/mol. The summed E-state index contributed by atoms with van der Waals surface area (Å²) < 4.78 is 20.0.